The number of rotatable bonds is 0. The summed E-state index contributed by atoms with van der Waals surface area (Å²) in [7, 11) is 0. The van der Waals surface area contributed by atoms with Crippen molar-refractivity contribution in [1.82, 2.24) is 20.2 Å². The monoisotopic (exact) mass is 209 g/mol. The molecule has 2 aliphatic rings. The van der Waals surface area contributed by atoms with E-state index in [2.05, 4.69) is 15.6 Å². The van der Waals surface area contributed by atoms with Crippen molar-refractivity contribution in [2.45, 2.75) is 13.2 Å². The first-order valence-corrected chi connectivity index (χ1v) is 4.80. The third kappa shape index (κ3) is 1.13. The van der Waals surface area contributed by atoms with Crippen molar-refractivity contribution in [2.75, 3.05) is 18.2 Å². The van der Waals surface area contributed by atoms with Crippen LogP contribution in [0, 0.1) is 0 Å². The molecule has 3 heterocycles. The molecular weight excluding hydrogens is 198 g/mol. The summed E-state index contributed by atoms with van der Waals surface area (Å²) < 4.78 is 1.56. The summed E-state index contributed by atoms with van der Waals surface area (Å²) in [5.74, 6) is 0.751. The summed E-state index contributed by atoms with van der Waals surface area (Å²) >= 11 is 0. The number of anilines is 1. The van der Waals surface area contributed by atoms with Crippen molar-refractivity contribution in [1.29, 1.82) is 0 Å². The Bertz CT molecular complexity index is 474. The number of aromatic nitrogens is 2. The lowest BCUT2D eigenvalue weighted by atomic mass is 10.2. The first-order valence-electron chi connectivity index (χ1n) is 4.80. The molecule has 0 aromatic carbocycles. The van der Waals surface area contributed by atoms with Gasteiger partial charge in [0.1, 0.15) is 5.82 Å². The first kappa shape index (κ1) is 8.69. The lowest BCUT2D eigenvalue weighted by molar-refractivity contribution is 0.437. The molecule has 15 heavy (non-hydrogen) atoms. The molecular formula is C8H11N5O2. The summed E-state index contributed by atoms with van der Waals surface area (Å²) in [5.41, 5.74) is 0.00514. The number of hydrogen-bond acceptors (Lipinski definition) is 5. The molecule has 0 atom stereocenters. The maximum Gasteiger partial charge on any atom is 0.331 e. The van der Waals surface area contributed by atoms with Crippen LogP contribution in [0.4, 0.5) is 5.82 Å². The average molecular weight is 209 g/mol. The normalized spacial score (nSPS) is 18.8. The van der Waals surface area contributed by atoms with E-state index in [0.717, 1.165) is 5.82 Å². The fourth-order valence-electron chi connectivity index (χ4n) is 2.09. The van der Waals surface area contributed by atoms with Crippen LogP contribution in [0.1, 0.15) is 5.56 Å². The molecule has 0 amide bonds. The molecule has 3 rings (SSSR count). The summed E-state index contributed by atoms with van der Waals surface area (Å²) in [6.45, 7) is 2.28. The van der Waals surface area contributed by atoms with Crippen LogP contribution in [0.15, 0.2) is 9.59 Å². The Balaban J connectivity index is 2.36. The molecule has 80 valence electrons. The van der Waals surface area contributed by atoms with Gasteiger partial charge in [0.05, 0.1) is 25.6 Å². The van der Waals surface area contributed by atoms with Crippen LogP contribution in [-0.2, 0) is 13.2 Å². The van der Waals surface area contributed by atoms with Crippen molar-refractivity contribution >= 4 is 5.82 Å². The van der Waals surface area contributed by atoms with Crippen molar-refractivity contribution in [2.24, 2.45) is 0 Å². The highest BCUT2D eigenvalue weighted by molar-refractivity contribution is 5.49. The van der Waals surface area contributed by atoms with Crippen molar-refractivity contribution < 1.29 is 0 Å². The number of nitrogens with one attached hydrogen (secondary N) is 3. The molecule has 3 N–H and O–H groups in total. The van der Waals surface area contributed by atoms with Crippen LogP contribution in [0.25, 0.3) is 0 Å². The number of hydrogen-bond donors (Lipinski definition) is 3. The standard InChI is InChI=1S/C8H11N5O2/c14-6-5-1-9-2-12-3-10-4-13(7(5)12)8(15)11-6/h9-10H,1-4H2,(H,11,14,15). The summed E-state index contributed by atoms with van der Waals surface area (Å²) in [6, 6.07) is 0. The van der Waals surface area contributed by atoms with E-state index in [1.165, 1.54) is 0 Å². The summed E-state index contributed by atoms with van der Waals surface area (Å²) in [4.78, 5) is 27.4. The Labute approximate surface area is 84.7 Å². The fraction of sp³-hybridized carbons (Fsp3) is 0.500. The quantitative estimate of drug-likeness (QED) is 0.457. The van der Waals surface area contributed by atoms with E-state index in [1.54, 1.807) is 4.57 Å². The zero-order valence-corrected chi connectivity index (χ0v) is 8.04. The van der Waals surface area contributed by atoms with Gasteiger partial charge < -0.3 is 4.90 Å². The molecule has 7 heteroatoms. The Morgan fingerprint density at radius 1 is 1.07 bits per heavy atom. The van der Waals surface area contributed by atoms with E-state index >= 15 is 0 Å². The smallest absolute Gasteiger partial charge is 0.331 e. The van der Waals surface area contributed by atoms with Gasteiger partial charge in [-0.25, -0.2) is 4.79 Å². The van der Waals surface area contributed by atoms with Gasteiger partial charge in [-0.2, -0.15) is 0 Å². The van der Waals surface area contributed by atoms with Gasteiger partial charge >= 0.3 is 5.69 Å². The zero-order chi connectivity index (χ0) is 10.4. The van der Waals surface area contributed by atoms with E-state index in [0.29, 0.717) is 32.1 Å². The minimum atomic E-state index is -0.349. The Morgan fingerprint density at radius 3 is 2.73 bits per heavy atom. The van der Waals surface area contributed by atoms with Gasteiger partial charge in [-0.05, 0) is 0 Å². The molecule has 0 fully saturated rings. The van der Waals surface area contributed by atoms with Gasteiger partial charge in [-0.15, -0.1) is 0 Å². The second-order valence-corrected chi connectivity index (χ2v) is 3.68. The van der Waals surface area contributed by atoms with Gasteiger partial charge in [0.15, 0.2) is 0 Å². The fourth-order valence-corrected chi connectivity index (χ4v) is 2.09. The second kappa shape index (κ2) is 2.94. The van der Waals surface area contributed by atoms with Gasteiger partial charge in [0, 0.05) is 6.54 Å². The van der Waals surface area contributed by atoms with E-state index in [1.807, 2.05) is 4.90 Å². The Morgan fingerprint density at radius 2 is 1.87 bits per heavy atom. The van der Waals surface area contributed by atoms with Crippen LogP contribution < -0.4 is 26.8 Å². The zero-order valence-electron chi connectivity index (χ0n) is 8.04. The third-order valence-corrected chi connectivity index (χ3v) is 2.74. The predicted molar refractivity (Wildman–Crippen MR) is 53.5 cm³/mol. The van der Waals surface area contributed by atoms with Crippen molar-refractivity contribution in [3.63, 3.8) is 0 Å². The topological polar surface area (TPSA) is 82.2 Å². The number of aromatic amines is 1. The van der Waals surface area contributed by atoms with E-state index in [-0.39, 0.29) is 11.2 Å². The SMILES string of the molecule is O=c1[nH]c(=O)n2c3c1CNCN3CNC2. The highest BCUT2D eigenvalue weighted by Gasteiger charge is 2.26. The molecule has 0 radical (unpaired) electrons. The first-order chi connectivity index (χ1) is 7.27. The predicted octanol–water partition coefficient (Wildman–Crippen LogP) is -2.08. The number of nitrogens with zero attached hydrogens (tertiary/aromatic N) is 2. The second-order valence-electron chi connectivity index (χ2n) is 3.68. The van der Waals surface area contributed by atoms with Crippen LogP contribution in [0.5, 0.6) is 0 Å². The average Bonchev–Trinajstić information content (AvgIpc) is 2.25. The molecule has 0 spiro atoms. The lowest BCUT2D eigenvalue weighted by Gasteiger charge is -2.36. The van der Waals surface area contributed by atoms with Crippen LogP contribution in [0.3, 0.4) is 0 Å². The summed E-state index contributed by atoms with van der Waals surface area (Å²) in [5, 5.41) is 6.20. The van der Waals surface area contributed by atoms with Gasteiger partial charge in [-0.3, -0.25) is 25.0 Å². The Kier molecular flexibility index (Phi) is 1.70. The minimum absolute atomic E-state index is 0.287. The highest BCUT2D eigenvalue weighted by Crippen LogP contribution is 2.19. The number of H-pyrrole nitrogens is 1. The van der Waals surface area contributed by atoms with Crippen molar-refractivity contribution in [3.8, 4) is 0 Å². The maximum absolute atomic E-state index is 11.6. The largest absolute Gasteiger partial charge is 0.332 e. The van der Waals surface area contributed by atoms with E-state index in [4.69, 9.17) is 0 Å². The molecule has 1 aromatic heterocycles. The summed E-state index contributed by atoms with van der Waals surface area (Å²) in [6.07, 6.45) is 0. The molecule has 2 aliphatic heterocycles. The van der Waals surface area contributed by atoms with Crippen LogP contribution in [-0.4, -0.2) is 22.9 Å². The van der Waals surface area contributed by atoms with E-state index < -0.39 is 0 Å². The molecule has 0 aliphatic carbocycles. The molecule has 0 saturated carbocycles. The minimum Gasteiger partial charge on any atom is -0.332 e. The third-order valence-electron chi connectivity index (χ3n) is 2.74. The lowest BCUT2D eigenvalue weighted by Crippen LogP contribution is -2.54. The van der Waals surface area contributed by atoms with Crippen LogP contribution in [0.2, 0.25) is 0 Å². The molecule has 0 bridgehead atoms. The maximum atomic E-state index is 11.6. The molecule has 7 nitrogen and oxygen atoms in total. The van der Waals surface area contributed by atoms with Crippen molar-refractivity contribution in [3.05, 3.63) is 26.4 Å². The van der Waals surface area contributed by atoms with E-state index in [9.17, 15) is 9.59 Å². The van der Waals surface area contributed by atoms with Gasteiger partial charge in [-0.1, -0.05) is 0 Å². The molecule has 1 aromatic rings. The molecule has 0 unspecified atom stereocenters. The van der Waals surface area contributed by atoms with Crippen LogP contribution >= 0.6 is 0 Å². The highest BCUT2D eigenvalue weighted by atomic mass is 16.2. The molecule has 0 saturated heterocycles. The van der Waals surface area contributed by atoms with Gasteiger partial charge in [0.25, 0.3) is 5.56 Å². The Hall–Kier alpha value is -1.60. The van der Waals surface area contributed by atoms with Gasteiger partial charge in [0.2, 0.25) is 0 Å².